The van der Waals surface area contributed by atoms with Crippen molar-refractivity contribution in [1.29, 1.82) is 0 Å². The van der Waals surface area contributed by atoms with Gasteiger partial charge in [-0.05, 0) is 42.8 Å². The Bertz CT molecular complexity index is 652. The molecule has 0 aliphatic rings. The molecule has 0 saturated heterocycles. The van der Waals surface area contributed by atoms with Crippen LogP contribution >= 0.6 is 24.8 Å². The number of nitrogens with two attached hydrogens (primary N) is 1. The van der Waals surface area contributed by atoms with Gasteiger partial charge in [0.2, 0.25) is 11.8 Å². The van der Waals surface area contributed by atoms with E-state index in [1.165, 1.54) is 0 Å². The highest BCUT2D eigenvalue weighted by atomic mass is 35.5. The molecule has 1 heterocycles. The number of methoxy groups -OCH3 is 1. The first-order chi connectivity index (χ1) is 11.1. The Morgan fingerprint density at radius 3 is 2.44 bits per heavy atom. The minimum absolute atomic E-state index is 0. The average molecular weight is 388 g/mol. The number of carbonyl (C=O) groups excluding carboxylic acids is 1. The summed E-state index contributed by atoms with van der Waals surface area (Å²) in [6.07, 6.45) is 1.95. The maximum absolute atomic E-state index is 11.6. The van der Waals surface area contributed by atoms with Crippen LogP contribution in [0, 0.1) is 0 Å². The smallest absolute Gasteiger partial charge is 0.221 e. The SMILES string of the molecule is COc1ccc(Oc2cc(CNC(=O)CC(C)N)ccn2)cc1.Cl.Cl. The molecule has 1 atom stereocenters. The van der Waals surface area contributed by atoms with E-state index in [9.17, 15) is 4.79 Å². The second kappa shape index (κ2) is 11.5. The van der Waals surface area contributed by atoms with Crippen LogP contribution in [0.2, 0.25) is 0 Å². The van der Waals surface area contributed by atoms with E-state index in [1.807, 2.05) is 18.2 Å². The number of nitrogens with one attached hydrogen (secondary N) is 1. The van der Waals surface area contributed by atoms with Gasteiger partial charge < -0.3 is 20.5 Å². The third-order valence-corrected chi connectivity index (χ3v) is 3.08. The molecule has 1 amide bonds. The fraction of sp³-hybridized carbons (Fsp3) is 0.294. The molecular weight excluding hydrogens is 365 g/mol. The first kappa shape index (κ1) is 23.0. The standard InChI is InChI=1S/C17H21N3O3.2ClH/c1-12(18)9-16(21)20-11-13-7-8-19-17(10-13)23-15-5-3-14(22-2)4-6-15;;/h3-8,10,12H,9,11,18H2,1-2H3,(H,20,21);2*1H. The Morgan fingerprint density at radius 2 is 1.84 bits per heavy atom. The molecule has 138 valence electrons. The molecule has 0 bridgehead atoms. The molecule has 0 aliphatic carbocycles. The molecule has 0 spiro atoms. The zero-order chi connectivity index (χ0) is 16.7. The van der Waals surface area contributed by atoms with E-state index >= 15 is 0 Å². The topological polar surface area (TPSA) is 86.5 Å². The van der Waals surface area contributed by atoms with Gasteiger partial charge in [0.25, 0.3) is 0 Å². The molecule has 8 heteroatoms. The number of hydrogen-bond donors (Lipinski definition) is 2. The fourth-order valence-corrected chi connectivity index (χ4v) is 1.95. The number of carbonyl (C=O) groups is 1. The Morgan fingerprint density at radius 1 is 1.20 bits per heavy atom. The van der Waals surface area contributed by atoms with Crippen molar-refractivity contribution in [3.8, 4) is 17.4 Å². The van der Waals surface area contributed by atoms with Crippen LogP contribution < -0.4 is 20.5 Å². The number of hydrogen-bond acceptors (Lipinski definition) is 5. The van der Waals surface area contributed by atoms with Crippen molar-refractivity contribution in [2.24, 2.45) is 5.73 Å². The van der Waals surface area contributed by atoms with Crippen LogP contribution in [0.25, 0.3) is 0 Å². The molecule has 2 rings (SSSR count). The van der Waals surface area contributed by atoms with E-state index in [2.05, 4.69) is 10.3 Å². The molecule has 0 saturated carbocycles. The van der Waals surface area contributed by atoms with Crippen LogP contribution in [0.1, 0.15) is 18.9 Å². The fourth-order valence-electron chi connectivity index (χ4n) is 1.95. The second-order valence-electron chi connectivity index (χ2n) is 5.24. The van der Waals surface area contributed by atoms with Crippen LogP contribution in [0.5, 0.6) is 17.4 Å². The van der Waals surface area contributed by atoms with Crippen molar-refractivity contribution in [1.82, 2.24) is 10.3 Å². The van der Waals surface area contributed by atoms with Gasteiger partial charge in [0.1, 0.15) is 11.5 Å². The van der Waals surface area contributed by atoms with Crippen LogP contribution in [-0.2, 0) is 11.3 Å². The molecule has 2 aromatic rings. The summed E-state index contributed by atoms with van der Waals surface area (Å²) in [7, 11) is 1.61. The van der Waals surface area contributed by atoms with Gasteiger partial charge in [0.15, 0.2) is 0 Å². The molecule has 1 aromatic heterocycles. The number of amides is 1. The van der Waals surface area contributed by atoms with Gasteiger partial charge in [-0.25, -0.2) is 4.98 Å². The molecule has 1 unspecified atom stereocenters. The van der Waals surface area contributed by atoms with Crippen LogP contribution in [0.3, 0.4) is 0 Å². The molecule has 3 N–H and O–H groups in total. The lowest BCUT2D eigenvalue weighted by Crippen LogP contribution is -2.29. The van der Waals surface area contributed by atoms with E-state index < -0.39 is 0 Å². The van der Waals surface area contributed by atoms with Crippen LogP contribution in [0.15, 0.2) is 42.6 Å². The largest absolute Gasteiger partial charge is 0.497 e. The summed E-state index contributed by atoms with van der Waals surface area (Å²) in [5, 5.41) is 2.82. The summed E-state index contributed by atoms with van der Waals surface area (Å²) in [5.74, 6) is 1.82. The number of benzene rings is 1. The second-order valence-corrected chi connectivity index (χ2v) is 5.24. The lowest BCUT2D eigenvalue weighted by Gasteiger charge is -2.09. The number of nitrogens with zero attached hydrogens (tertiary/aromatic N) is 1. The maximum Gasteiger partial charge on any atom is 0.221 e. The summed E-state index contributed by atoms with van der Waals surface area (Å²) in [5.41, 5.74) is 6.50. The van der Waals surface area contributed by atoms with Crippen molar-refractivity contribution in [3.63, 3.8) is 0 Å². The predicted molar refractivity (Wildman–Crippen MR) is 102 cm³/mol. The Kier molecular flexibility index (Phi) is 10.6. The van der Waals surface area contributed by atoms with Crippen molar-refractivity contribution in [2.45, 2.75) is 25.9 Å². The maximum atomic E-state index is 11.6. The summed E-state index contributed by atoms with van der Waals surface area (Å²) in [4.78, 5) is 15.8. The number of pyridine rings is 1. The van der Waals surface area contributed by atoms with Crippen molar-refractivity contribution >= 4 is 30.7 Å². The van der Waals surface area contributed by atoms with Crippen LogP contribution in [-0.4, -0.2) is 24.0 Å². The summed E-state index contributed by atoms with van der Waals surface area (Å²) in [6, 6.07) is 10.7. The molecule has 25 heavy (non-hydrogen) atoms. The van der Waals surface area contributed by atoms with Crippen LogP contribution in [0.4, 0.5) is 0 Å². The van der Waals surface area contributed by atoms with Crippen molar-refractivity contribution in [2.75, 3.05) is 7.11 Å². The zero-order valence-corrected chi connectivity index (χ0v) is 15.7. The highest BCUT2D eigenvalue weighted by molar-refractivity contribution is 5.85. The molecule has 0 radical (unpaired) electrons. The van der Waals surface area contributed by atoms with Gasteiger partial charge in [-0.15, -0.1) is 24.8 Å². The summed E-state index contributed by atoms with van der Waals surface area (Å²) >= 11 is 0. The van der Waals surface area contributed by atoms with Crippen molar-refractivity contribution in [3.05, 3.63) is 48.2 Å². The number of halogens is 2. The van der Waals surface area contributed by atoms with E-state index in [0.29, 0.717) is 24.6 Å². The van der Waals surface area contributed by atoms with E-state index in [0.717, 1.165) is 11.3 Å². The minimum Gasteiger partial charge on any atom is -0.497 e. The van der Waals surface area contributed by atoms with Gasteiger partial charge >= 0.3 is 0 Å². The van der Waals surface area contributed by atoms with E-state index in [4.69, 9.17) is 15.2 Å². The zero-order valence-electron chi connectivity index (χ0n) is 14.1. The quantitative estimate of drug-likeness (QED) is 0.761. The predicted octanol–water partition coefficient (Wildman–Crippen LogP) is 3.08. The molecular formula is C17H23Cl2N3O3. The monoisotopic (exact) mass is 387 g/mol. The Balaban J connectivity index is 0.00000288. The Labute approximate surface area is 159 Å². The minimum atomic E-state index is -0.151. The summed E-state index contributed by atoms with van der Waals surface area (Å²) in [6.45, 7) is 2.21. The third-order valence-electron chi connectivity index (χ3n) is 3.08. The first-order valence-electron chi connectivity index (χ1n) is 7.36. The average Bonchev–Trinajstić information content (AvgIpc) is 2.53. The molecule has 1 aromatic carbocycles. The first-order valence-corrected chi connectivity index (χ1v) is 7.36. The Hall–Kier alpha value is -2.02. The number of rotatable bonds is 7. The molecule has 6 nitrogen and oxygen atoms in total. The lowest BCUT2D eigenvalue weighted by molar-refractivity contribution is -0.121. The molecule has 0 aliphatic heterocycles. The summed E-state index contributed by atoms with van der Waals surface area (Å²) < 4.78 is 10.8. The number of aromatic nitrogens is 1. The highest BCUT2D eigenvalue weighted by Gasteiger charge is 2.06. The molecule has 0 fully saturated rings. The van der Waals surface area contributed by atoms with Gasteiger partial charge in [-0.3, -0.25) is 4.79 Å². The third kappa shape index (κ3) is 8.07. The van der Waals surface area contributed by atoms with Gasteiger partial charge in [0.05, 0.1) is 7.11 Å². The van der Waals surface area contributed by atoms with Gasteiger partial charge in [-0.2, -0.15) is 0 Å². The number of ether oxygens (including phenoxy) is 2. The van der Waals surface area contributed by atoms with Gasteiger partial charge in [-0.1, -0.05) is 0 Å². The highest BCUT2D eigenvalue weighted by Crippen LogP contribution is 2.22. The van der Waals surface area contributed by atoms with E-state index in [-0.39, 0.29) is 36.8 Å². The van der Waals surface area contributed by atoms with Gasteiger partial charge in [0, 0.05) is 31.3 Å². The van der Waals surface area contributed by atoms with E-state index in [1.54, 1.807) is 38.4 Å². The van der Waals surface area contributed by atoms with Crippen molar-refractivity contribution < 1.29 is 14.3 Å². The lowest BCUT2D eigenvalue weighted by atomic mass is 10.2. The normalized spacial score (nSPS) is 10.7.